The number of hydrogen-bond acceptors (Lipinski definition) is 4. The van der Waals surface area contributed by atoms with Gasteiger partial charge < -0.3 is 10.6 Å². The quantitative estimate of drug-likeness (QED) is 0.463. The van der Waals surface area contributed by atoms with Gasteiger partial charge >= 0.3 is 0 Å². The predicted octanol–water partition coefficient (Wildman–Crippen LogP) is 3.69. The lowest BCUT2D eigenvalue weighted by atomic mass is 9.70. The molecule has 2 aliphatic rings. The average molecular weight is 267 g/mol. The summed E-state index contributed by atoms with van der Waals surface area (Å²) in [5.74, 6) is 0.314. The molecule has 96 valence electrons. The van der Waals surface area contributed by atoms with Crippen LogP contribution in [0.5, 0.6) is 5.75 Å². The zero-order valence-electron chi connectivity index (χ0n) is 9.95. The summed E-state index contributed by atoms with van der Waals surface area (Å²) >= 11 is 6.18. The number of halogens is 1. The summed E-state index contributed by atoms with van der Waals surface area (Å²) in [4.78, 5) is 8.93. The van der Waals surface area contributed by atoms with Gasteiger partial charge in [0.05, 0.1) is 16.4 Å². The fourth-order valence-electron chi connectivity index (χ4n) is 3.14. The standard InChI is InChI=1S/C13H15ClN2O2/c14-8-6-9(15)12(18-17)10-11(8)16-7-13(10)4-2-1-3-5-13/h6-7,17H,1-5,15H2. The van der Waals surface area contributed by atoms with Gasteiger partial charge in [-0.15, -0.1) is 0 Å². The van der Waals surface area contributed by atoms with Crippen LogP contribution in [0.4, 0.5) is 11.4 Å². The van der Waals surface area contributed by atoms with E-state index < -0.39 is 0 Å². The SMILES string of the molecule is Nc1cc(Cl)c2c(c1OO)C1(C=N2)CCCCC1. The highest BCUT2D eigenvalue weighted by atomic mass is 35.5. The molecule has 1 fully saturated rings. The Morgan fingerprint density at radius 3 is 2.72 bits per heavy atom. The molecule has 5 heteroatoms. The van der Waals surface area contributed by atoms with Crippen LogP contribution >= 0.6 is 11.6 Å². The molecule has 0 radical (unpaired) electrons. The number of nitrogen functional groups attached to an aromatic ring is 1. The fourth-order valence-corrected chi connectivity index (χ4v) is 3.40. The lowest BCUT2D eigenvalue weighted by Gasteiger charge is -2.32. The van der Waals surface area contributed by atoms with E-state index >= 15 is 0 Å². The highest BCUT2D eigenvalue weighted by Crippen LogP contribution is 2.54. The van der Waals surface area contributed by atoms with E-state index in [4.69, 9.17) is 22.6 Å². The third-order valence-electron chi connectivity index (χ3n) is 4.01. The molecule has 0 bridgehead atoms. The summed E-state index contributed by atoms with van der Waals surface area (Å²) in [6, 6.07) is 1.57. The second-order valence-corrected chi connectivity index (χ2v) is 5.47. The first-order valence-corrected chi connectivity index (χ1v) is 6.55. The third-order valence-corrected chi connectivity index (χ3v) is 4.30. The monoisotopic (exact) mass is 266 g/mol. The molecule has 1 spiro atoms. The van der Waals surface area contributed by atoms with E-state index in [1.807, 2.05) is 6.21 Å². The highest BCUT2D eigenvalue weighted by Gasteiger charge is 2.42. The van der Waals surface area contributed by atoms with Crippen molar-refractivity contribution in [2.45, 2.75) is 37.5 Å². The Labute approximate surface area is 110 Å². The van der Waals surface area contributed by atoms with E-state index in [1.54, 1.807) is 6.07 Å². The van der Waals surface area contributed by atoms with Crippen LogP contribution in [-0.4, -0.2) is 11.5 Å². The average Bonchev–Trinajstić information content (AvgIpc) is 2.71. The van der Waals surface area contributed by atoms with Gasteiger partial charge in [0.2, 0.25) is 0 Å². The summed E-state index contributed by atoms with van der Waals surface area (Å²) in [5, 5.41) is 9.62. The van der Waals surface area contributed by atoms with Gasteiger partial charge in [-0.25, -0.2) is 5.26 Å². The molecule has 3 N–H and O–H groups in total. The smallest absolute Gasteiger partial charge is 0.194 e. The molecule has 1 aliphatic heterocycles. The summed E-state index contributed by atoms with van der Waals surface area (Å²) in [7, 11) is 0. The molecular weight excluding hydrogens is 252 g/mol. The number of aliphatic imine (C=N–C) groups is 1. The van der Waals surface area contributed by atoms with Gasteiger partial charge in [-0.2, -0.15) is 0 Å². The van der Waals surface area contributed by atoms with E-state index in [0.717, 1.165) is 31.2 Å². The fraction of sp³-hybridized carbons (Fsp3) is 0.462. The van der Waals surface area contributed by atoms with Crippen LogP contribution in [0.25, 0.3) is 0 Å². The Morgan fingerprint density at radius 2 is 2.06 bits per heavy atom. The van der Waals surface area contributed by atoms with Gasteiger partial charge in [0, 0.05) is 17.2 Å². The van der Waals surface area contributed by atoms with Gasteiger partial charge in [-0.05, 0) is 18.9 Å². The van der Waals surface area contributed by atoms with Crippen molar-refractivity contribution in [3.05, 3.63) is 16.7 Å². The molecule has 0 amide bonds. The topological polar surface area (TPSA) is 67.8 Å². The Kier molecular flexibility index (Phi) is 2.72. The van der Waals surface area contributed by atoms with E-state index in [2.05, 4.69) is 9.88 Å². The lowest BCUT2D eigenvalue weighted by molar-refractivity contribution is -0.138. The van der Waals surface area contributed by atoms with E-state index in [0.29, 0.717) is 22.1 Å². The number of benzene rings is 1. The van der Waals surface area contributed by atoms with Crippen LogP contribution < -0.4 is 10.6 Å². The Bertz CT molecular complexity index is 522. The van der Waals surface area contributed by atoms with Crippen molar-refractivity contribution in [2.75, 3.05) is 5.73 Å². The number of rotatable bonds is 1. The zero-order chi connectivity index (χ0) is 12.8. The Balaban J connectivity index is 2.22. The van der Waals surface area contributed by atoms with E-state index in [9.17, 15) is 0 Å². The number of fused-ring (bicyclic) bond motifs is 2. The number of nitrogens with zero attached hydrogens (tertiary/aromatic N) is 1. The first-order chi connectivity index (χ1) is 8.68. The summed E-state index contributed by atoms with van der Waals surface area (Å²) in [6.45, 7) is 0. The van der Waals surface area contributed by atoms with Crippen molar-refractivity contribution in [3.8, 4) is 5.75 Å². The first-order valence-electron chi connectivity index (χ1n) is 6.17. The predicted molar refractivity (Wildman–Crippen MR) is 72.0 cm³/mol. The normalized spacial score (nSPS) is 20.1. The summed E-state index contributed by atoms with van der Waals surface area (Å²) < 4.78 is 0. The minimum absolute atomic E-state index is 0.162. The van der Waals surface area contributed by atoms with Crippen molar-refractivity contribution >= 4 is 29.2 Å². The number of hydrogen-bond donors (Lipinski definition) is 2. The van der Waals surface area contributed by atoms with E-state index in [-0.39, 0.29) is 5.41 Å². The van der Waals surface area contributed by atoms with Crippen molar-refractivity contribution in [2.24, 2.45) is 4.99 Å². The van der Waals surface area contributed by atoms with Crippen LogP contribution in [-0.2, 0) is 5.41 Å². The third kappa shape index (κ3) is 1.52. The van der Waals surface area contributed by atoms with Crippen molar-refractivity contribution in [1.82, 2.24) is 0 Å². The maximum Gasteiger partial charge on any atom is 0.194 e. The van der Waals surface area contributed by atoms with Crippen molar-refractivity contribution in [1.29, 1.82) is 0 Å². The summed E-state index contributed by atoms with van der Waals surface area (Å²) in [6.07, 6.45) is 7.46. The molecule has 1 heterocycles. The molecule has 3 rings (SSSR count). The van der Waals surface area contributed by atoms with Crippen molar-refractivity contribution < 1.29 is 10.1 Å². The number of nitrogens with two attached hydrogens (primary N) is 1. The molecule has 1 aromatic rings. The Morgan fingerprint density at radius 1 is 1.33 bits per heavy atom. The van der Waals surface area contributed by atoms with Gasteiger partial charge in [-0.3, -0.25) is 4.99 Å². The largest absolute Gasteiger partial charge is 0.396 e. The van der Waals surface area contributed by atoms with Gasteiger partial charge in [0.25, 0.3) is 0 Å². The highest BCUT2D eigenvalue weighted by molar-refractivity contribution is 6.34. The van der Waals surface area contributed by atoms with Gasteiger partial charge in [0.15, 0.2) is 5.75 Å². The van der Waals surface area contributed by atoms with Crippen LogP contribution in [0.1, 0.15) is 37.7 Å². The van der Waals surface area contributed by atoms with Gasteiger partial charge in [0.1, 0.15) is 0 Å². The van der Waals surface area contributed by atoms with E-state index in [1.165, 1.54) is 6.42 Å². The minimum Gasteiger partial charge on any atom is -0.396 e. The molecule has 18 heavy (non-hydrogen) atoms. The molecule has 0 saturated heterocycles. The minimum atomic E-state index is -0.162. The van der Waals surface area contributed by atoms with Crippen LogP contribution in [0, 0.1) is 0 Å². The molecule has 0 unspecified atom stereocenters. The maximum absolute atomic E-state index is 9.11. The number of anilines is 1. The Hall–Kier alpha value is -1.26. The lowest BCUT2D eigenvalue weighted by Crippen LogP contribution is -2.29. The maximum atomic E-state index is 9.11. The van der Waals surface area contributed by atoms with Crippen LogP contribution in [0.2, 0.25) is 5.02 Å². The molecule has 1 saturated carbocycles. The second-order valence-electron chi connectivity index (χ2n) is 5.07. The molecule has 4 nitrogen and oxygen atoms in total. The van der Waals surface area contributed by atoms with Gasteiger partial charge in [-0.1, -0.05) is 30.9 Å². The molecule has 0 aromatic heterocycles. The molecule has 0 atom stereocenters. The summed E-state index contributed by atoms with van der Waals surface area (Å²) in [5.41, 5.74) is 7.61. The second kappa shape index (κ2) is 4.14. The molecule has 1 aromatic carbocycles. The zero-order valence-corrected chi connectivity index (χ0v) is 10.7. The van der Waals surface area contributed by atoms with Crippen molar-refractivity contribution in [3.63, 3.8) is 0 Å². The van der Waals surface area contributed by atoms with Crippen LogP contribution in [0.3, 0.4) is 0 Å². The molecule has 1 aliphatic carbocycles. The molecular formula is C13H15ClN2O2. The first kappa shape index (κ1) is 11.8. The van der Waals surface area contributed by atoms with Crippen LogP contribution in [0.15, 0.2) is 11.1 Å².